The van der Waals surface area contributed by atoms with Gasteiger partial charge in [0.1, 0.15) is 0 Å². The number of hydrogen-bond donors (Lipinski definition) is 1. The fraction of sp³-hybridized carbons (Fsp3) is 0.200. The second kappa shape index (κ2) is 6.06. The molecular formula is C15H15NO4. The van der Waals surface area contributed by atoms with E-state index >= 15 is 0 Å². The predicted octanol–water partition coefficient (Wildman–Crippen LogP) is 3.19. The number of nitrogens with one attached hydrogen (secondary N) is 1. The van der Waals surface area contributed by atoms with Crippen LogP contribution in [0.5, 0.6) is 0 Å². The second-order valence-electron chi connectivity index (χ2n) is 4.08. The van der Waals surface area contributed by atoms with Crippen molar-refractivity contribution in [3.8, 4) is 0 Å². The average molecular weight is 273 g/mol. The van der Waals surface area contributed by atoms with E-state index in [2.05, 4.69) is 10.1 Å². The minimum Gasteiger partial charge on any atom is -0.462 e. The molecule has 1 N–H and O–H groups in total. The van der Waals surface area contributed by atoms with E-state index in [4.69, 9.17) is 4.74 Å². The van der Waals surface area contributed by atoms with Crippen LogP contribution < -0.4 is 5.32 Å². The van der Waals surface area contributed by atoms with Gasteiger partial charge in [-0.05, 0) is 30.5 Å². The maximum atomic E-state index is 11.7. The van der Waals surface area contributed by atoms with Crippen LogP contribution in [0, 0.1) is 0 Å². The lowest BCUT2D eigenvalue weighted by atomic mass is 10.1. The highest BCUT2D eigenvalue weighted by Gasteiger charge is 2.10. The summed E-state index contributed by atoms with van der Waals surface area (Å²) in [7, 11) is 1.30. The van der Waals surface area contributed by atoms with Gasteiger partial charge in [-0.1, -0.05) is 18.2 Å². The molecule has 0 aliphatic carbocycles. The zero-order valence-electron chi connectivity index (χ0n) is 11.3. The molecular weight excluding hydrogens is 258 g/mol. The Kier molecular flexibility index (Phi) is 4.20. The number of rotatable bonds is 3. The Labute approximate surface area is 116 Å². The molecule has 5 heteroatoms. The molecule has 0 bridgehead atoms. The number of carbonyl (C=O) groups is 2. The van der Waals surface area contributed by atoms with E-state index in [-0.39, 0.29) is 5.97 Å². The van der Waals surface area contributed by atoms with Crippen molar-refractivity contribution in [2.45, 2.75) is 6.92 Å². The van der Waals surface area contributed by atoms with Crippen LogP contribution in [0.1, 0.15) is 17.3 Å². The van der Waals surface area contributed by atoms with Crippen molar-refractivity contribution < 1.29 is 19.1 Å². The molecule has 2 aromatic rings. The molecule has 2 aromatic carbocycles. The summed E-state index contributed by atoms with van der Waals surface area (Å²) in [5.41, 5.74) is 1.03. The smallest absolute Gasteiger partial charge is 0.411 e. The van der Waals surface area contributed by atoms with Crippen molar-refractivity contribution in [3.05, 3.63) is 42.0 Å². The summed E-state index contributed by atoms with van der Waals surface area (Å²) in [6, 6.07) is 10.7. The predicted molar refractivity (Wildman–Crippen MR) is 75.9 cm³/mol. The maximum Gasteiger partial charge on any atom is 0.411 e. The van der Waals surface area contributed by atoms with E-state index in [0.717, 1.165) is 10.8 Å². The van der Waals surface area contributed by atoms with Gasteiger partial charge in [0.2, 0.25) is 0 Å². The van der Waals surface area contributed by atoms with Crippen LogP contribution >= 0.6 is 0 Å². The molecule has 20 heavy (non-hydrogen) atoms. The Morgan fingerprint density at radius 3 is 2.70 bits per heavy atom. The highest BCUT2D eigenvalue weighted by molar-refractivity contribution is 6.03. The first kappa shape index (κ1) is 13.9. The lowest BCUT2D eigenvalue weighted by molar-refractivity contribution is 0.0526. The maximum absolute atomic E-state index is 11.7. The van der Waals surface area contributed by atoms with E-state index < -0.39 is 6.09 Å². The Balaban J connectivity index is 2.45. The van der Waals surface area contributed by atoms with Gasteiger partial charge in [0, 0.05) is 5.39 Å². The number of carbonyl (C=O) groups excluding carboxylic acids is 2. The number of anilines is 1. The third-order valence-corrected chi connectivity index (χ3v) is 2.82. The van der Waals surface area contributed by atoms with E-state index in [1.807, 2.05) is 18.2 Å². The molecule has 104 valence electrons. The quantitative estimate of drug-likeness (QED) is 0.872. The lowest BCUT2D eigenvalue weighted by Crippen LogP contribution is -2.11. The number of ether oxygens (including phenoxy) is 2. The zero-order chi connectivity index (χ0) is 14.5. The third-order valence-electron chi connectivity index (χ3n) is 2.82. The first-order chi connectivity index (χ1) is 9.65. The van der Waals surface area contributed by atoms with Crippen LogP contribution in [0.15, 0.2) is 36.4 Å². The molecule has 0 saturated carbocycles. The van der Waals surface area contributed by atoms with Gasteiger partial charge in [-0.3, -0.25) is 5.32 Å². The van der Waals surface area contributed by atoms with E-state index in [1.165, 1.54) is 7.11 Å². The summed E-state index contributed by atoms with van der Waals surface area (Å²) < 4.78 is 9.55. The molecule has 0 saturated heterocycles. The number of fused-ring (bicyclic) bond motifs is 1. The Hall–Kier alpha value is -2.56. The normalized spacial score (nSPS) is 10.1. The molecule has 0 atom stereocenters. The van der Waals surface area contributed by atoms with Gasteiger partial charge in [-0.15, -0.1) is 0 Å². The molecule has 5 nitrogen and oxygen atoms in total. The summed E-state index contributed by atoms with van der Waals surface area (Å²) in [6.07, 6.45) is -0.556. The Morgan fingerprint density at radius 1 is 1.20 bits per heavy atom. The number of esters is 1. The first-order valence-electron chi connectivity index (χ1n) is 6.20. The van der Waals surface area contributed by atoms with Crippen LogP contribution in [0.4, 0.5) is 10.5 Å². The molecule has 0 heterocycles. The zero-order valence-corrected chi connectivity index (χ0v) is 11.3. The second-order valence-corrected chi connectivity index (χ2v) is 4.08. The topological polar surface area (TPSA) is 64.6 Å². The highest BCUT2D eigenvalue weighted by Crippen LogP contribution is 2.25. The fourth-order valence-corrected chi connectivity index (χ4v) is 1.88. The summed E-state index contributed by atoms with van der Waals surface area (Å²) in [5.74, 6) is -0.387. The van der Waals surface area contributed by atoms with Gasteiger partial charge < -0.3 is 9.47 Å². The average Bonchev–Trinajstić information content (AvgIpc) is 2.47. The van der Waals surface area contributed by atoms with Gasteiger partial charge in [0.15, 0.2) is 0 Å². The molecule has 0 aliphatic rings. The van der Waals surface area contributed by atoms with Crippen molar-refractivity contribution >= 4 is 28.5 Å². The van der Waals surface area contributed by atoms with E-state index in [9.17, 15) is 9.59 Å². The van der Waals surface area contributed by atoms with Crippen molar-refractivity contribution in [2.24, 2.45) is 0 Å². The Morgan fingerprint density at radius 2 is 2.00 bits per heavy atom. The van der Waals surface area contributed by atoms with Crippen LogP contribution in [0.3, 0.4) is 0 Å². The van der Waals surface area contributed by atoms with Crippen molar-refractivity contribution in [2.75, 3.05) is 19.0 Å². The highest BCUT2D eigenvalue weighted by atomic mass is 16.5. The number of methoxy groups -OCH3 is 1. The van der Waals surface area contributed by atoms with Crippen LogP contribution in [-0.2, 0) is 9.47 Å². The largest absolute Gasteiger partial charge is 0.462 e. The van der Waals surface area contributed by atoms with E-state index in [0.29, 0.717) is 17.9 Å². The molecule has 2 rings (SSSR count). The lowest BCUT2D eigenvalue weighted by Gasteiger charge is -2.09. The Bertz CT molecular complexity index is 651. The molecule has 0 aliphatic heterocycles. The van der Waals surface area contributed by atoms with Gasteiger partial charge in [0.25, 0.3) is 0 Å². The molecule has 0 radical (unpaired) electrons. The summed E-state index contributed by atoms with van der Waals surface area (Å²) in [6.45, 7) is 2.07. The van der Waals surface area contributed by atoms with Gasteiger partial charge in [-0.25, -0.2) is 9.59 Å². The number of amides is 1. The number of hydrogen-bond acceptors (Lipinski definition) is 4. The third kappa shape index (κ3) is 2.88. The molecule has 0 aromatic heterocycles. The van der Waals surface area contributed by atoms with Gasteiger partial charge >= 0.3 is 12.1 Å². The standard InChI is InChI=1S/C15H15NO4/c1-3-20-14(17)11-8-7-10-5-4-6-13(12(10)9-11)16-15(18)19-2/h4-9H,3H2,1-2H3,(H,16,18). The monoisotopic (exact) mass is 273 g/mol. The summed E-state index contributed by atoms with van der Waals surface area (Å²) >= 11 is 0. The van der Waals surface area contributed by atoms with Crippen LogP contribution in [-0.4, -0.2) is 25.8 Å². The fourth-order valence-electron chi connectivity index (χ4n) is 1.88. The van der Waals surface area contributed by atoms with E-state index in [1.54, 1.807) is 25.1 Å². The SMILES string of the molecule is CCOC(=O)c1ccc2cccc(NC(=O)OC)c2c1. The summed E-state index contributed by atoms with van der Waals surface area (Å²) in [4.78, 5) is 23.1. The molecule has 0 fully saturated rings. The molecule has 0 unspecified atom stereocenters. The minimum atomic E-state index is -0.556. The minimum absolute atomic E-state index is 0.318. The van der Waals surface area contributed by atoms with Crippen molar-refractivity contribution in [3.63, 3.8) is 0 Å². The molecule has 0 spiro atoms. The van der Waals surface area contributed by atoms with Crippen LogP contribution in [0.2, 0.25) is 0 Å². The van der Waals surface area contributed by atoms with Gasteiger partial charge in [0.05, 0.1) is 25.0 Å². The van der Waals surface area contributed by atoms with Crippen LogP contribution in [0.25, 0.3) is 10.8 Å². The first-order valence-corrected chi connectivity index (χ1v) is 6.20. The van der Waals surface area contributed by atoms with Gasteiger partial charge in [-0.2, -0.15) is 0 Å². The van der Waals surface area contributed by atoms with Crippen molar-refractivity contribution in [1.29, 1.82) is 0 Å². The summed E-state index contributed by atoms with van der Waals surface area (Å²) in [5, 5.41) is 4.28. The van der Waals surface area contributed by atoms with Crippen molar-refractivity contribution in [1.82, 2.24) is 0 Å². The molecule has 1 amide bonds. The number of benzene rings is 2.